The highest BCUT2D eigenvalue weighted by atomic mass is 16.5. The maximum absolute atomic E-state index is 13.4. The van der Waals surface area contributed by atoms with E-state index in [0.29, 0.717) is 23.6 Å². The number of fused-ring (bicyclic) bond motifs is 1. The van der Waals surface area contributed by atoms with Crippen molar-refractivity contribution in [1.29, 1.82) is 0 Å². The summed E-state index contributed by atoms with van der Waals surface area (Å²) in [5, 5.41) is 0. The Morgan fingerprint density at radius 2 is 1.76 bits per heavy atom. The van der Waals surface area contributed by atoms with Crippen LogP contribution in [0.5, 0.6) is 11.5 Å². The predicted molar refractivity (Wildman–Crippen MR) is 112 cm³/mol. The Balaban J connectivity index is 1.83. The van der Waals surface area contributed by atoms with E-state index in [1.807, 2.05) is 54.3 Å². The van der Waals surface area contributed by atoms with Gasteiger partial charge in [0.15, 0.2) is 11.5 Å². The van der Waals surface area contributed by atoms with Gasteiger partial charge in [0.2, 0.25) is 0 Å². The minimum absolute atomic E-state index is 0.0215. The zero-order chi connectivity index (χ0) is 20.4. The molecule has 29 heavy (non-hydrogen) atoms. The van der Waals surface area contributed by atoms with Crippen LogP contribution in [0.25, 0.3) is 0 Å². The number of pyridine rings is 1. The molecule has 0 N–H and O–H groups in total. The first-order chi connectivity index (χ1) is 14.1. The molecule has 0 bridgehead atoms. The van der Waals surface area contributed by atoms with Gasteiger partial charge in [-0.25, -0.2) is 0 Å². The van der Waals surface area contributed by atoms with E-state index in [4.69, 9.17) is 9.47 Å². The van der Waals surface area contributed by atoms with Gasteiger partial charge in [0.1, 0.15) is 0 Å². The van der Waals surface area contributed by atoms with Crippen molar-refractivity contribution < 1.29 is 14.3 Å². The number of ether oxygens (including phenoxy) is 2. The average Bonchev–Trinajstić information content (AvgIpc) is 2.77. The van der Waals surface area contributed by atoms with Gasteiger partial charge in [-0.1, -0.05) is 30.3 Å². The van der Waals surface area contributed by atoms with Gasteiger partial charge >= 0.3 is 0 Å². The zero-order valence-corrected chi connectivity index (χ0v) is 16.9. The molecular formula is C24H24N2O3. The Kier molecular flexibility index (Phi) is 5.21. The van der Waals surface area contributed by atoms with Crippen molar-refractivity contribution in [2.75, 3.05) is 20.8 Å². The van der Waals surface area contributed by atoms with Crippen molar-refractivity contribution in [2.45, 2.75) is 19.4 Å². The molecule has 1 unspecified atom stereocenters. The number of hydrogen-bond acceptors (Lipinski definition) is 4. The molecule has 5 nitrogen and oxygen atoms in total. The van der Waals surface area contributed by atoms with E-state index in [1.54, 1.807) is 20.4 Å². The van der Waals surface area contributed by atoms with E-state index in [2.05, 4.69) is 17.1 Å². The lowest BCUT2D eigenvalue weighted by molar-refractivity contribution is 0.0693. The van der Waals surface area contributed by atoms with Crippen LogP contribution in [0, 0.1) is 6.92 Å². The molecule has 3 aromatic rings. The molecule has 1 aromatic heterocycles. The Morgan fingerprint density at radius 3 is 2.41 bits per heavy atom. The van der Waals surface area contributed by atoms with E-state index in [9.17, 15) is 4.79 Å². The van der Waals surface area contributed by atoms with Crippen LogP contribution in [0.2, 0.25) is 0 Å². The highest BCUT2D eigenvalue weighted by Crippen LogP contribution is 2.41. The first-order valence-electron chi connectivity index (χ1n) is 9.65. The minimum atomic E-state index is -0.200. The summed E-state index contributed by atoms with van der Waals surface area (Å²) in [5.74, 6) is 1.35. The average molecular weight is 388 g/mol. The van der Waals surface area contributed by atoms with Gasteiger partial charge in [-0.05, 0) is 54.3 Å². The lowest BCUT2D eigenvalue weighted by Gasteiger charge is -2.38. The summed E-state index contributed by atoms with van der Waals surface area (Å²) in [6.45, 7) is 2.53. The van der Waals surface area contributed by atoms with Crippen molar-refractivity contribution in [3.63, 3.8) is 0 Å². The summed E-state index contributed by atoms with van der Waals surface area (Å²) in [7, 11) is 3.27. The SMILES string of the molecule is COc1cc2c(cc1OC)C(c1ccccc1)N(C(=O)c1ccc(C)nc1)CC2. The van der Waals surface area contributed by atoms with E-state index < -0.39 is 0 Å². The molecule has 1 amide bonds. The Hall–Kier alpha value is -3.34. The van der Waals surface area contributed by atoms with Crippen molar-refractivity contribution in [1.82, 2.24) is 9.88 Å². The molecule has 1 aliphatic rings. The number of rotatable bonds is 4. The number of aromatic nitrogens is 1. The molecule has 1 aliphatic heterocycles. The lowest BCUT2D eigenvalue weighted by Crippen LogP contribution is -2.40. The van der Waals surface area contributed by atoms with Crippen LogP contribution in [0.1, 0.15) is 38.8 Å². The topological polar surface area (TPSA) is 51.7 Å². The van der Waals surface area contributed by atoms with Gasteiger partial charge in [-0.2, -0.15) is 0 Å². The van der Waals surface area contributed by atoms with Crippen LogP contribution in [0.3, 0.4) is 0 Å². The summed E-state index contributed by atoms with van der Waals surface area (Å²) < 4.78 is 11.0. The van der Waals surface area contributed by atoms with E-state index in [1.165, 1.54) is 5.56 Å². The van der Waals surface area contributed by atoms with Gasteiger partial charge in [-0.15, -0.1) is 0 Å². The number of carbonyl (C=O) groups is 1. The second-order valence-corrected chi connectivity index (χ2v) is 7.16. The molecule has 0 saturated carbocycles. The van der Waals surface area contributed by atoms with Crippen molar-refractivity contribution >= 4 is 5.91 Å². The fraction of sp³-hybridized carbons (Fsp3) is 0.250. The number of carbonyl (C=O) groups excluding carboxylic acids is 1. The fourth-order valence-electron chi connectivity index (χ4n) is 3.92. The maximum Gasteiger partial charge on any atom is 0.256 e. The number of methoxy groups -OCH3 is 2. The highest BCUT2D eigenvalue weighted by molar-refractivity contribution is 5.94. The molecule has 0 radical (unpaired) electrons. The Labute approximate surface area is 170 Å². The molecule has 5 heteroatoms. The summed E-state index contributed by atoms with van der Waals surface area (Å²) >= 11 is 0. The molecule has 0 saturated heterocycles. The molecule has 2 heterocycles. The van der Waals surface area contributed by atoms with Crippen molar-refractivity contribution in [2.24, 2.45) is 0 Å². The molecule has 148 valence electrons. The first kappa shape index (κ1) is 19.0. The van der Waals surface area contributed by atoms with E-state index in [-0.39, 0.29) is 11.9 Å². The summed E-state index contributed by atoms with van der Waals surface area (Å²) in [6.07, 6.45) is 2.41. The maximum atomic E-state index is 13.4. The molecule has 2 aromatic carbocycles. The minimum Gasteiger partial charge on any atom is -0.493 e. The molecule has 4 rings (SSSR count). The number of amides is 1. The molecule has 0 aliphatic carbocycles. The Morgan fingerprint density at radius 1 is 1.03 bits per heavy atom. The van der Waals surface area contributed by atoms with Gasteiger partial charge in [0, 0.05) is 18.4 Å². The number of benzene rings is 2. The standard InChI is InChI=1S/C24H24N2O3/c1-16-9-10-19(15-25-16)24(27)26-12-11-18-13-21(28-2)22(29-3)14-20(18)23(26)17-7-5-4-6-8-17/h4-10,13-15,23H,11-12H2,1-3H3. The third-order valence-corrected chi connectivity index (χ3v) is 5.41. The Bertz CT molecular complexity index is 1020. The lowest BCUT2D eigenvalue weighted by atomic mass is 9.87. The zero-order valence-electron chi connectivity index (χ0n) is 16.9. The normalized spacial score (nSPS) is 15.6. The summed E-state index contributed by atoms with van der Waals surface area (Å²) in [4.78, 5) is 19.6. The quantitative estimate of drug-likeness (QED) is 0.672. The van der Waals surface area contributed by atoms with Gasteiger partial charge < -0.3 is 14.4 Å². The van der Waals surface area contributed by atoms with E-state index in [0.717, 1.165) is 23.2 Å². The summed E-state index contributed by atoms with van der Waals surface area (Å²) in [5.41, 5.74) is 4.78. The van der Waals surface area contributed by atoms with Crippen LogP contribution in [0.15, 0.2) is 60.8 Å². The third kappa shape index (κ3) is 3.56. The highest BCUT2D eigenvalue weighted by Gasteiger charge is 2.33. The second-order valence-electron chi connectivity index (χ2n) is 7.16. The van der Waals surface area contributed by atoms with Gasteiger partial charge in [0.25, 0.3) is 5.91 Å². The van der Waals surface area contributed by atoms with Crippen molar-refractivity contribution in [3.05, 3.63) is 88.7 Å². The second kappa shape index (κ2) is 7.95. The van der Waals surface area contributed by atoms with E-state index >= 15 is 0 Å². The third-order valence-electron chi connectivity index (χ3n) is 5.41. The van der Waals surface area contributed by atoms with Crippen LogP contribution in [-0.2, 0) is 6.42 Å². The monoisotopic (exact) mass is 388 g/mol. The number of hydrogen-bond donors (Lipinski definition) is 0. The number of nitrogens with zero attached hydrogens (tertiary/aromatic N) is 2. The first-order valence-corrected chi connectivity index (χ1v) is 9.65. The summed E-state index contributed by atoms with van der Waals surface area (Å²) in [6, 6.07) is 17.6. The van der Waals surface area contributed by atoms with Crippen LogP contribution in [-0.4, -0.2) is 36.6 Å². The largest absolute Gasteiger partial charge is 0.493 e. The van der Waals surface area contributed by atoms with Gasteiger partial charge in [0.05, 0.1) is 25.8 Å². The smallest absolute Gasteiger partial charge is 0.256 e. The molecule has 0 spiro atoms. The molecule has 0 fully saturated rings. The van der Waals surface area contributed by atoms with Gasteiger partial charge in [-0.3, -0.25) is 9.78 Å². The molecular weight excluding hydrogens is 364 g/mol. The van der Waals surface area contributed by atoms with Crippen LogP contribution >= 0.6 is 0 Å². The van der Waals surface area contributed by atoms with Crippen molar-refractivity contribution in [3.8, 4) is 11.5 Å². The number of aryl methyl sites for hydroxylation is 1. The molecule has 1 atom stereocenters. The fourth-order valence-corrected chi connectivity index (χ4v) is 3.92. The predicted octanol–water partition coefficient (Wildman–Crippen LogP) is 4.20. The van der Waals surface area contributed by atoms with Crippen LogP contribution < -0.4 is 9.47 Å². The van der Waals surface area contributed by atoms with Crippen LogP contribution in [0.4, 0.5) is 0 Å².